The van der Waals surface area contributed by atoms with Gasteiger partial charge in [0.05, 0.1) is 23.1 Å². The summed E-state index contributed by atoms with van der Waals surface area (Å²) in [6, 6.07) is 15.7. The summed E-state index contributed by atoms with van der Waals surface area (Å²) in [5, 5.41) is 3.06. The molecule has 0 radical (unpaired) electrons. The fourth-order valence-corrected chi connectivity index (χ4v) is 3.90. The zero-order valence-electron chi connectivity index (χ0n) is 16.5. The van der Waals surface area contributed by atoms with Gasteiger partial charge in [-0.25, -0.2) is 9.97 Å². The normalized spacial score (nSPS) is 16.5. The molecule has 1 fully saturated rings. The highest BCUT2D eigenvalue weighted by molar-refractivity contribution is 5.93. The van der Waals surface area contributed by atoms with E-state index >= 15 is 0 Å². The zero-order chi connectivity index (χ0) is 20.3. The standard InChI is InChI=1S/C23H22N6O/c30-23(17-4-3-13-29(15-17)21-14-24-11-12-25-21)26-18-9-7-16(8-10-18)22-27-19-5-1-2-6-20(19)28-22/h1-2,5-12,14,17H,3-4,13,15H2,(H,26,30)(H,27,28)/t17-/m1/s1. The van der Waals surface area contributed by atoms with Gasteiger partial charge in [-0.05, 0) is 49.2 Å². The maximum Gasteiger partial charge on any atom is 0.229 e. The van der Waals surface area contributed by atoms with Gasteiger partial charge in [0.2, 0.25) is 5.91 Å². The van der Waals surface area contributed by atoms with Crippen LogP contribution in [0.2, 0.25) is 0 Å². The van der Waals surface area contributed by atoms with E-state index in [-0.39, 0.29) is 11.8 Å². The Hall–Kier alpha value is -3.74. The van der Waals surface area contributed by atoms with Gasteiger partial charge in [0.1, 0.15) is 11.6 Å². The van der Waals surface area contributed by atoms with Crippen molar-refractivity contribution in [2.75, 3.05) is 23.3 Å². The maximum atomic E-state index is 12.8. The highest BCUT2D eigenvalue weighted by Gasteiger charge is 2.26. The van der Waals surface area contributed by atoms with Gasteiger partial charge in [-0.3, -0.25) is 9.78 Å². The highest BCUT2D eigenvalue weighted by Crippen LogP contribution is 2.24. The Morgan fingerprint density at radius 2 is 1.97 bits per heavy atom. The first kappa shape index (κ1) is 18.3. The van der Waals surface area contributed by atoms with Gasteiger partial charge < -0.3 is 15.2 Å². The van der Waals surface area contributed by atoms with Crippen LogP contribution >= 0.6 is 0 Å². The summed E-state index contributed by atoms with van der Waals surface area (Å²) < 4.78 is 0. The van der Waals surface area contributed by atoms with Gasteiger partial charge in [0.25, 0.3) is 0 Å². The number of nitrogens with one attached hydrogen (secondary N) is 2. The van der Waals surface area contributed by atoms with Crippen LogP contribution in [0.3, 0.4) is 0 Å². The number of nitrogens with zero attached hydrogens (tertiary/aromatic N) is 4. The van der Waals surface area contributed by atoms with E-state index in [4.69, 9.17) is 0 Å². The second-order valence-electron chi connectivity index (χ2n) is 7.52. The molecule has 0 saturated carbocycles. The molecule has 0 spiro atoms. The van der Waals surface area contributed by atoms with Crippen molar-refractivity contribution >= 4 is 28.4 Å². The molecule has 0 aliphatic carbocycles. The van der Waals surface area contributed by atoms with Crippen LogP contribution in [-0.4, -0.2) is 38.9 Å². The van der Waals surface area contributed by atoms with E-state index in [1.165, 1.54) is 0 Å². The predicted molar refractivity (Wildman–Crippen MR) is 117 cm³/mol. The molecule has 2 aromatic carbocycles. The summed E-state index contributed by atoms with van der Waals surface area (Å²) in [6.07, 6.45) is 6.92. The molecular weight excluding hydrogens is 376 g/mol. The molecule has 2 N–H and O–H groups in total. The lowest BCUT2D eigenvalue weighted by molar-refractivity contribution is -0.120. The number of rotatable bonds is 4. The molecule has 1 aliphatic rings. The van der Waals surface area contributed by atoms with Crippen molar-refractivity contribution in [2.24, 2.45) is 5.92 Å². The number of H-pyrrole nitrogens is 1. The number of carbonyl (C=O) groups is 1. The molecule has 7 nitrogen and oxygen atoms in total. The number of benzene rings is 2. The molecule has 1 atom stereocenters. The minimum Gasteiger partial charge on any atom is -0.355 e. The molecule has 150 valence electrons. The quantitative estimate of drug-likeness (QED) is 0.545. The fraction of sp³-hybridized carbons (Fsp3) is 0.217. The molecular formula is C23H22N6O. The number of para-hydroxylation sites is 2. The Balaban J connectivity index is 1.26. The molecule has 1 aliphatic heterocycles. The SMILES string of the molecule is O=C(Nc1ccc(-c2nc3ccccc3[nH]2)cc1)[C@@H]1CCCN(c2cnccn2)C1. The van der Waals surface area contributed by atoms with Crippen LogP contribution < -0.4 is 10.2 Å². The van der Waals surface area contributed by atoms with E-state index in [0.29, 0.717) is 6.54 Å². The number of hydrogen-bond acceptors (Lipinski definition) is 5. The lowest BCUT2D eigenvalue weighted by Gasteiger charge is -2.32. The van der Waals surface area contributed by atoms with Crippen molar-refractivity contribution in [3.8, 4) is 11.4 Å². The van der Waals surface area contributed by atoms with E-state index in [9.17, 15) is 4.79 Å². The lowest BCUT2D eigenvalue weighted by atomic mass is 9.97. The van der Waals surface area contributed by atoms with Crippen molar-refractivity contribution < 1.29 is 4.79 Å². The van der Waals surface area contributed by atoms with E-state index in [0.717, 1.165) is 53.3 Å². The van der Waals surface area contributed by atoms with E-state index < -0.39 is 0 Å². The topological polar surface area (TPSA) is 86.8 Å². The van der Waals surface area contributed by atoms with E-state index in [1.54, 1.807) is 18.6 Å². The highest BCUT2D eigenvalue weighted by atomic mass is 16.1. The number of amides is 1. The van der Waals surface area contributed by atoms with Gasteiger partial charge in [-0.15, -0.1) is 0 Å². The van der Waals surface area contributed by atoms with Crippen molar-refractivity contribution in [1.82, 2.24) is 19.9 Å². The van der Waals surface area contributed by atoms with Crippen molar-refractivity contribution in [3.63, 3.8) is 0 Å². The maximum absolute atomic E-state index is 12.8. The second-order valence-corrected chi connectivity index (χ2v) is 7.52. The third kappa shape index (κ3) is 3.74. The van der Waals surface area contributed by atoms with Crippen LogP contribution in [0.25, 0.3) is 22.4 Å². The average Bonchev–Trinajstić information content (AvgIpc) is 3.24. The van der Waals surface area contributed by atoms with Crippen molar-refractivity contribution in [2.45, 2.75) is 12.8 Å². The minimum atomic E-state index is -0.0733. The number of anilines is 2. The minimum absolute atomic E-state index is 0.0417. The molecule has 0 bridgehead atoms. The Morgan fingerprint density at radius 1 is 1.10 bits per heavy atom. The number of hydrogen-bond donors (Lipinski definition) is 2. The van der Waals surface area contributed by atoms with E-state index in [1.807, 2.05) is 48.5 Å². The number of aromatic nitrogens is 4. The Morgan fingerprint density at radius 3 is 2.77 bits per heavy atom. The molecule has 0 unspecified atom stereocenters. The Kier molecular flexibility index (Phi) is 4.85. The van der Waals surface area contributed by atoms with Crippen molar-refractivity contribution in [3.05, 3.63) is 67.1 Å². The fourth-order valence-electron chi connectivity index (χ4n) is 3.90. The number of fused-ring (bicyclic) bond motifs is 1. The van der Waals surface area contributed by atoms with Crippen LogP contribution in [0.5, 0.6) is 0 Å². The molecule has 5 rings (SSSR count). The number of imidazole rings is 1. The number of carbonyl (C=O) groups excluding carboxylic acids is 1. The summed E-state index contributed by atoms with van der Waals surface area (Å²) in [4.78, 5) is 31.4. The van der Waals surface area contributed by atoms with Gasteiger partial charge in [0.15, 0.2) is 0 Å². The summed E-state index contributed by atoms with van der Waals surface area (Å²) in [7, 11) is 0. The first-order valence-corrected chi connectivity index (χ1v) is 10.1. The molecule has 1 saturated heterocycles. The molecule has 4 aromatic rings. The number of aromatic amines is 1. The first-order valence-electron chi connectivity index (χ1n) is 10.1. The average molecular weight is 398 g/mol. The van der Waals surface area contributed by atoms with Crippen LogP contribution in [0.1, 0.15) is 12.8 Å². The van der Waals surface area contributed by atoms with Crippen LogP contribution in [0.4, 0.5) is 11.5 Å². The second kappa shape index (κ2) is 7.94. The Bertz CT molecular complexity index is 1120. The Labute approximate surface area is 174 Å². The van der Waals surface area contributed by atoms with Crippen LogP contribution in [0, 0.1) is 5.92 Å². The smallest absolute Gasteiger partial charge is 0.229 e. The molecule has 30 heavy (non-hydrogen) atoms. The predicted octanol–water partition coefficient (Wildman–Crippen LogP) is 3.88. The van der Waals surface area contributed by atoms with Gasteiger partial charge in [-0.2, -0.15) is 0 Å². The third-order valence-electron chi connectivity index (χ3n) is 5.48. The monoisotopic (exact) mass is 398 g/mol. The van der Waals surface area contributed by atoms with Gasteiger partial charge in [0, 0.05) is 36.7 Å². The first-order chi connectivity index (χ1) is 14.8. The van der Waals surface area contributed by atoms with Crippen LogP contribution in [-0.2, 0) is 4.79 Å². The van der Waals surface area contributed by atoms with Gasteiger partial charge in [-0.1, -0.05) is 12.1 Å². The third-order valence-corrected chi connectivity index (χ3v) is 5.48. The summed E-state index contributed by atoms with van der Waals surface area (Å²) in [5.74, 6) is 1.61. The van der Waals surface area contributed by atoms with E-state index in [2.05, 4.69) is 30.2 Å². The lowest BCUT2D eigenvalue weighted by Crippen LogP contribution is -2.41. The molecule has 2 aromatic heterocycles. The molecule has 7 heteroatoms. The van der Waals surface area contributed by atoms with Gasteiger partial charge >= 0.3 is 0 Å². The summed E-state index contributed by atoms with van der Waals surface area (Å²) in [5.41, 5.74) is 3.72. The molecule has 1 amide bonds. The largest absolute Gasteiger partial charge is 0.355 e. The van der Waals surface area contributed by atoms with Crippen molar-refractivity contribution in [1.29, 1.82) is 0 Å². The molecule has 3 heterocycles. The summed E-state index contributed by atoms with van der Waals surface area (Å²) >= 11 is 0. The number of piperidine rings is 1. The van der Waals surface area contributed by atoms with Crippen LogP contribution in [0.15, 0.2) is 67.1 Å². The summed E-state index contributed by atoms with van der Waals surface area (Å²) in [6.45, 7) is 1.55. The zero-order valence-corrected chi connectivity index (χ0v) is 16.5.